The van der Waals surface area contributed by atoms with Crippen molar-refractivity contribution in [3.63, 3.8) is 0 Å². The van der Waals surface area contributed by atoms with Gasteiger partial charge in [0.2, 0.25) is 5.13 Å². The molecule has 0 saturated heterocycles. The van der Waals surface area contributed by atoms with Gasteiger partial charge in [-0.05, 0) is 40.5 Å². The van der Waals surface area contributed by atoms with E-state index in [1.54, 1.807) is 6.21 Å². The molecule has 32 heavy (non-hydrogen) atoms. The van der Waals surface area contributed by atoms with Gasteiger partial charge in [-0.15, -0.1) is 11.3 Å². The lowest BCUT2D eigenvalue weighted by atomic mass is 10.2. The molecule has 0 fully saturated rings. The van der Waals surface area contributed by atoms with E-state index in [0.717, 1.165) is 32.0 Å². The molecular weight excluding hydrogens is 486 g/mol. The van der Waals surface area contributed by atoms with Crippen molar-refractivity contribution in [3.8, 4) is 22.8 Å². The van der Waals surface area contributed by atoms with E-state index in [9.17, 15) is 0 Å². The van der Waals surface area contributed by atoms with Crippen molar-refractivity contribution >= 4 is 38.6 Å². The molecule has 0 unspecified atom stereocenters. The summed E-state index contributed by atoms with van der Waals surface area (Å²) < 4.78 is 12.7. The van der Waals surface area contributed by atoms with Crippen LogP contribution in [0.15, 0.2) is 87.8 Å². The number of benzene rings is 3. The van der Waals surface area contributed by atoms with Crippen molar-refractivity contribution < 1.29 is 9.47 Å². The second kappa shape index (κ2) is 10.9. The fraction of sp³-hybridized carbons (Fsp3) is 0.120. The molecule has 1 N–H and O–H groups in total. The number of thiazole rings is 1. The topological polar surface area (TPSA) is 55.7 Å². The van der Waals surface area contributed by atoms with E-state index in [1.165, 1.54) is 11.3 Å². The summed E-state index contributed by atoms with van der Waals surface area (Å²) in [6.45, 7) is 2.96. The van der Waals surface area contributed by atoms with Gasteiger partial charge in [0, 0.05) is 21.0 Å². The first-order valence-electron chi connectivity index (χ1n) is 10.2. The Labute approximate surface area is 199 Å². The first-order valence-corrected chi connectivity index (χ1v) is 11.8. The van der Waals surface area contributed by atoms with Crippen molar-refractivity contribution in [1.82, 2.24) is 4.98 Å². The van der Waals surface area contributed by atoms with Crippen LogP contribution in [0.25, 0.3) is 11.3 Å². The van der Waals surface area contributed by atoms with Crippen molar-refractivity contribution in [2.45, 2.75) is 13.5 Å². The fourth-order valence-electron chi connectivity index (χ4n) is 2.99. The van der Waals surface area contributed by atoms with Crippen LogP contribution >= 0.6 is 27.3 Å². The van der Waals surface area contributed by atoms with Gasteiger partial charge >= 0.3 is 0 Å². The summed E-state index contributed by atoms with van der Waals surface area (Å²) in [4.78, 5) is 4.59. The number of nitrogens with zero attached hydrogens (tertiary/aromatic N) is 2. The van der Waals surface area contributed by atoms with Crippen LogP contribution in [0.3, 0.4) is 0 Å². The Balaban J connectivity index is 1.45. The molecule has 0 saturated carbocycles. The molecule has 162 valence electrons. The third-order valence-corrected chi connectivity index (χ3v) is 5.97. The van der Waals surface area contributed by atoms with E-state index >= 15 is 0 Å². The molecule has 0 amide bonds. The fourth-order valence-corrected chi connectivity index (χ4v) is 4.08. The smallest absolute Gasteiger partial charge is 0.203 e. The molecule has 3 aromatic carbocycles. The Hall–Kier alpha value is -3.16. The van der Waals surface area contributed by atoms with Gasteiger partial charge in [-0.3, -0.25) is 5.43 Å². The number of hydrazone groups is 1. The average Bonchev–Trinajstić information content (AvgIpc) is 3.30. The number of aromatic nitrogens is 1. The predicted molar refractivity (Wildman–Crippen MR) is 135 cm³/mol. The summed E-state index contributed by atoms with van der Waals surface area (Å²) >= 11 is 5.12. The zero-order valence-corrected chi connectivity index (χ0v) is 19.9. The van der Waals surface area contributed by atoms with E-state index in [4.69, 9.17) is 9.47 Å². The van der Waals surface area contributed by atoms with E-state index in [0.29, 0.717) is 24.7 Å². The average molecular weight is 508 g/mol. The van der Waals surface area contributed by atoms with Gasteiger partial charge in [0.1, 0.15) is 6.61 Å². The third kappa shape index (κ3) is 5.75. The van der Waals surface area contributed by atoms with Gasteiger partial charge in [-0.2, -0.15) is 5.10 Å². The second-order valence-corrected chi connectivity index (χ2v) is 8.51. The maximum absolute atomic E-state index is 6.01. The highest BCUT2D eigenvalue weighted by Gasteiger charge is 2.11. The first-order chi connectivity index (χ1) is 15.7. The number of hydrogen-bond donors (Lipinski definition) is 1. The van der Waals surface area contributed by atoms with Gasteiger partial charge in [0.05, 0.1) is 18.5 Å². The number of anilines is 1. The second-order valence-electron chi connectivity index (χ2n) is 6.80. The molecule has 0 spiro atoms. The molecular formula is C25H22BrN3O2S. The summed E-state index contributed by atoms with van der Waals surface area (Å²) in [5.41, 5.74) is 6.98. The van der Waals surface area contributed by atoms with Gasteiger partial charge in [0.15, 0.2) is 11.5 Å². The minimum absolute atomic E-state index is 0.468. The Morgan fingerprint density at radius 2 is 1.72 bits per heavy atom. The lowest BCUT2D eigenvalue weighted by Gasteiger charge is -2.14. The zero-order valence-electron chi connectivity index (χ0n) is 17.5. The highest BCUT2D eigenvalue weighted by Crippen LogP contribution is 2.34. The van der Waals surface area contributed by atoms with Gasteiger partial charge < -0.3 is 9.47 Å². The number of ether oxygens (including phenoxy) is 2. The Bertz CT molecular complexity index is 1180. The van der Waals surface area contributed by atoms with Crippen LogP contribution in [0.4, 0.5) is 5.13 Å². The Morgan fingerprint density at radius 1 is 1.00 bits per heavy atom. The quantitative estimate of drug-likeness (QED) is 0.196. The molecule has 1 aromatic heterocycles. The summed E-state index contributed by atoms with van der Waals surface area (Å²) in [6.07, 6.45) is 1.73. The molecule has 0 radical (unpaired) electrons. The van der Waals surface area contributed by atoms with Crippen molar-refractivity contribution in [2.24, 2.45) is 5.10 Å². The van der Waals surface area contributed by atoms with E-state index < -0.39 is 0 Å². The van der Waals surface area contributed by atoms with Gasteiger partial charge in [0.25, 0.3) is 0 Å². The molecule has 0 bridgehead atoms. The largest absolute Gasteiger partial charge is 0.490 e. The maximum atomic E-state index is 6.01. The van der Waals surface area contributed by atoms with Crippen molar-refractivity contribution in [2.75, 3.05) is 12.0 Å². The molecule has 0 aliphatic rings. The van der Waals surface area contributed by atoms with Crippen molar-refractivity contribution in [3.05, 3.63) is 93.8 Å². The number of rotatable bonds is 9. The van der Waals surface area contributed by atoms with Crippen LogP contribution in [-0.2, 0) is 6.61 Å². The molecule has 0 atom stereocenters. The van der Waals surface area contributed by atoms with Gasteiger partial charge in [-0.25, -0.2) is 4.98 Å². The molecule has 5 nitrogen and oxygen atoms in total. The standard InChI is InChI=1S/C25H22BrN3O2S/c1-2-30-23-13-20(21(26)14-24(23)31-16-18-9-5-3-6-10-18)15-27-29-25-28-22(17-32-25)19-11-7-4-8-12-19/h3-15,17H,2,16H2,1H3,(H,28,29). The highest BCUT2D eigenvalue weighted by molar-refractivity contribution is 9.10. The van der Waals surface area contributed by atoms with Crippen molar-refractivity contribution in [1.29, 1.82) is 0 Å². The molecule has 4 aromatic rings. The minimum atomic E-state index is 0.468. The lowest BCUT2D eigenvalue weighted by molar-refractivity contribution is 0.269. The van der Waals surface area contributed by atoms with Crippen LogP contribution in [0, 0.1) is 0 Å². The highest BCUT2D eigenvalue weighted by atomic mass is 79.9. The van der Waals surface area contributed by atoms with E-state index in [-0.39, 0.29) is 0 Å². The minimum Gasteiger partial charge on any atom is -0.490 e. The number of hydrogen-bond acceptors (Lipinski definition) is 6. The van der Waals surface area contributed by atoms with Gasteiger partial charge in [-0.1, -0.05) is 60.7 Å². The Morgan fingerprint density at radius 3 is 2.47 bits per heavy atom. The Kier molecular flexibility index (Phi) is 7.53. The first kappa shape index (κ1) is 22.0. The van der Waals surface area contributed by atoms with Crippen LogP contribution in [-0.4, -0.2) is 17.8 Å². The van der Waals surface area contributed by atoms with E-state index in [1.807, 2.05) is 85.1 Å². The predicted octanol–water partition coefficient (Wildman–Crippen LogP) is 7.00. The molecule has 0 aliphatic carbocycles. The lowest BCUT2D eigenvalue weighted by Crippen LogP contribution is -2.01. The number of halogens is 1. The molecule has 0 aliphatic heterocycles. The maximum Gasteiger partial charge on any atom is 0.203 e. The molecule has 4 rings (SSSR count). The van der Waals surface area contributed by atoms with Crippen LogP contribution in [0.5, 0.6) is 11.5 Å². The molecule has 1 heterocycles. The van der Waals surface area contributed by atoms with E-state index in [2.05, 4.69) is 31.4 Å². The zero-order chi connectivity index (χ0) is 22.2. The normalized spacial score (nSPS) is 10.9. The monoisotopic (exact) mass is 507 g/mol. The van der Waals surface area contributed by atoms with Crippen LogP contribution in [0.2, 0.25) is 0 Å². The summed E-state index contributed by atoms with van der Waals surface area (Å²) in [5, 5.41) is 7.09. The molecule has 7 heteroatoms. The summed E-state index contributed by atoms with van der Waals surface area (Å²) in [7, 11) is 0. The van der Waals surface area contributed by atoms with Crippen LogP contribution < -0.4 is 14.9 Å². The SMILES string of the molecule is CCOc1cc(C=NNc2nc(-c3ccccc3)cs2)c(Br)cc1OCc1ccccc1. The number of nitrogens with one attached hydrogen (secondary N) is 1. The summed E-state index contributed by atoms with van der Waals surface area (Å²) in [6, 6.07) is 23.9. The van der Waals surface area contributed by atoms with Crippen LogP contribution in [0.1, 0.15) is 18.1 Å². The summed E-state index contributed by atoms with van der Waals surface area (Å²) in [5.74, 6) is 1.36. The third-order valence-electron chi connectivity index (χ3n) is 4.54.